The van der Waals surface area contributed by atoms with Gasteiger partial charge >= 0.3 is 0 Å². The van der Waals surface area contributed by atoms with Gasteiger partial charge in [0.25, 0.3) is 5.91 Å². The zero-order valence-corrected chi connectivity index (χ0v) is 22.1. The molecule has 5 heteroatoms. The van der Waals surface area contributed by atoms with Crippen LogP contribution in [0.15, 0.2) is 85.3 Å². The number of unbranched alkanes of at least 4 members (excludes halogenated alkanes) is 1. The van der Waals surface area contributed by atoms with Crippen LogP contribution in [0.25, 0.3) is 0 Å². The number of hydrogen-bond donors (Lipinski definition) is 0. The number of likely N-dealkylation sites (tertiary alicyclic amines) is 1. The summed E-state index contributed by atoms with van der Waals surface area (Å²) in [6.07, 6.45) is 33.3. The predicted octanol–water partition coefficient (Wildman–Crippen LogP) is 6.68. The molecule has 1 fully saturated rings. The summed E-state index contributed by atoms with van der Waals surface area (Å²) in [7, 11) is 1.81. The summed E-state index contributed by atoms with van der Waals surface area (Å²) in [5, 5.41) is 0. The predicted molar refractivity (Wildman–Crippen MR) is 150 cm³/mol. The van der Waals surface area contributed by atoms with Gasteiger partial charge in [-0.05, 0) is 63.5 Å². The lowest BCUT2D eigenvalue weighted by molar-refractivity contribution is -0.130. The first kappa shape index (κ1) is 29.0. The van der Waals surface area contributed by atoms with E-state index in [0.717, 1.165) is 57.9 Å². The number of nitrogens with zero attached hydrogens (tertiary/aromatic N) is 3. The van der Waals surface area contributed by atoms with Crippen molar-refractivity contribution in [2.75, 3.05) is 20.1 Å². The Balaban J connectivity index is 1.53. The zero-order valence-electron chi connectivity index (χ0n) is 22.1. The van der Waals surface area contributed by atoms with E-state index in [4.69, 9.17) is 0 Å². The Kier molecular flexibility index (Phi) is 14.6. The van der Waals surface area contributed by atoms with Crippen LogP contribution in [0.2, 0.25) is 0 Å². The van der Waals surface area contributed by atoms with Gasteiger partial charge in [-0.15, -0.1) is 0 Å². The summed E-state index contributed by atoms with van der Waals surface area (Å²) in [6.45, 7) is 3.48. The average Bonchev–Trinajstić information content (AvgIpc) is 3.40. The van der Waals surface area contributed by atoms with Crippen molar-refractivity contribution < 1.29 is 9.59 Å². The van der Waals surface area contributed by atoms with Gasteiger partial charge in [0.15, 0.2) is 0 Å². The molecule has 0 aromatic carbocycles. The Bertz CT molecular complexity index is 915. The van der Waals surface area contributed by atoms with Crippen LogP contribution in [-0.2, 0) is 4.79 Å². The first-order valence-corrected chi connectivity index (χ1v) is 13.3. The van der Waals surface area contributed by atoms with Gasteiger partial charge in [-0.1, -0.05) is 67.7 Å². The second kappa shape index (κ2) is 18.1. The number of hydrogen-bond acceptors (Lipinski definition) is 3. The first-order valence-electron chi connectivity index (χ1n) is 13.3. The minimum atomic E-state index is -0.0409. The molecule has 2 amide bonds. The zero-order chi connectivity index (χ0) is 25.8. The Morgan fingerprint density at radius 2 is 1.58 bits per heavy atom. The lowest BCUT2D eigenvalue weighted by atomic mass is 10.2. The van der Waals surface area contributed by atoms with Crippen molar-refractivity contribution in [3.05, 3.63) is 90.9 Å². The number of pyridine rings is 1. The number of carbonyl (C=O) groups is 2. The van der Waals surface area contributed by atoms with E-state index < -0.39 is 0 Å². The molecule has 5 nitrogen and oxygen atoms in total. The summed E-state index contributed by atoms with van der Waals surface area (Å²) < 4.78 is 0. The topological polar surface area (TPSA) is 53.5 Å². The molecule has 1 aliphatic rings. The van der Waals surface area contributed by atoms with E-state index in [0.29, 0.717) is 18.5 Å². The van der Waals surface area contributed by atoms with E-state index in [2.05, 4.69) is 72.7 Å². The van der Waals surface area contributed by atoms with E-state index in [1.165, 1.54) is 0 Å². The van der Waals surface area contributed by atoms with Gasteiger partial charge in [0.1, 0.15) is 0 Å². The van der Waals surface area contributed by atoms with Gasteiger partial charge in [-0.25, -0.2) is 0 Å². The molecule has 0 N–H and O–H groups in total. The lowest BCUT2D eigenvalue weighted by Gasteiger charge is -2.25. The monoisotopic (exact) mass is 489 g/mol. The second-order valence-electron chi connectivity index (χ2n) is 9.04. The van der Waals surface area contributed by atoms with Crippen LogP contribution in [0.4, 0.5) is 0 Å². The molecule has 0 spiro atoms. The third-order valence-corrected chi connectivity index (χ3v) is 6.21. The molecule has 0 saturated carbocycles. The van der Waals surface area contributed by atoms with Crippen molar-refractivity contribution in [1.29, 1.82) is 0 Å². The largest absolute Gasteiger partial charge is 0.341 e. The molecule has 1 aromatic heterocycles. The van der Waals surface area contributed by atoms with Gasteiger partial charge in [-0.3, -0.25) is 14.6 Å². The van der Waals surface area contributed by atoms with Crippen molar-refractivity contribution in [3.63, 3.8) is 0 Å². The van der Waals surface area contributed by atoms with Crippen LogP contribution in [0.3, 0.4) is 0 Å². The van der Waals surface area contributed by atoms with Gasteiger partial charge in [0.05, 0.1) is 11.6 Å². The number of amides is 2. The highest BCUT2D eigenvalue weighted by atomic mass is 16.2. The standard InChI is InChI=1S/C31H43N3O2/c1-3-4-5-6-7-8-9-10-11-12-13-14-15-16-17-18-19-22-30(35)34-25-23-29(27-34)33(2)31(36)28-21-20-24-32-26-28/h4-5,7-8,10-11,13-14,16-17,20-21,24,26,29H,3,6,9,12,15,18-19,22-23,25,27H2,1-2H3/t29-/m0/s1. The number of aromatic nitrogens is 1. The Labute approximate surface area is 218 Å². The van der Waals surface area contributed by atoms with Gasteiger partial charge in [0.2, 0.25) is 5.91 Å². The smallest absolute Gasteiger partial charge is 0.255 e. The Morgan fingerprint density at radius 3 is 2.17 bits per heavy atom. The van der Waals surface area contributed by atoms with Crippen molar-refractivity contribution >= 4 is 11.8 Å². The molecule has 0 radical (unpaired) electrons. The van der Waals surface area contributed by atoms with E-state index in [1.54, 1.807) is 29.4 Å². The van der Waals surface area contributed by atoms with Gasteiger partial charge < -0.3 is 9.80 Å². The molecule has 0 aliphatic carbocycles. The molecular formula is C31H43N3O2. The fourth-order valence-corrected chi connectivity index (χ4v) is 4.04. The molecule has 0 unspecified atom stereocenters. The maximum atomic E-state index is 12.6. The van der Waals surface area contributed by atoms with Gasteiger partial charge in [0, 0.05) is 39.0 Å². The SMILES string of the molecule is CCC=CCC=CCC=CCC=CCC=CCCCC(=O)N1CC[C@H](N(C)C(=O)c2cccnc2)C1. The molecule has 1 saturated heterocycles. The van der Waals surface area contributed by atoms with Crippen LogP contribution in [-0.4, -0.2) is 52.8 Å². The number of carbonyl (C=O) groups excluding carboxylic acids is 2. The highest BCUT2D eigenvalue weighted by Crippen LogP contribution is 2.18. The number of likely N-dealkylation sites (N-methyl/N-ethyl adjacent to an activating group) is 1. The summed E-state index contributed by atoms with van der Waals surface area (Å²) in [6, 6.07) is 3.61. The fraction of sp³-hybridized carbons (Fsp3) is 0.452. The normalized spacial score (nSPS) is 16.5. The fourth-order valence-electron chi connectivity index (χ4n) is 4.04. The van der Waals surface area contributed by atoms with E-state index in [1.807, 2.05) is 11.9 Å². The van der Waals surface area contributed by atoms with Crippen molar-refractivity contribution in [3.8, 4) is 0 Å². The number of rotatable bonds is 15. The third-order valence-electron chi connectivity index (χ3n) is 6.21. The highest BCUT2D eigenvalue weighted by molar-refractivity contribution is 5.94. The molecule has 1 aromatic rings. The van der Waals surface area contributed by atoms with E-state index >= 15 is 0 Å². The molecule has 2 heterocycles. The van der Waals surface area contributed by atoms with Crippen LogP contribution < -0.4 is 0 Å². The quantitative estimate of drug-likeness (QED) is 0.204. The van der Waals surface area contributed by atoms with E-state index in [9.17, 15) is 9.59 Å². The van der Waals surface area contributed by atoms with Crippen LogP contribution in [0, 0.1) is 0 Å². The molecule has 1 aliphatic heterocycles. The van der Waals surface area contributed by atoms with Crippen molar-refractivity contribution in [1.82, 2.24) is 14.8 Å². The Morgan fingerprint density at radius 1 is 0.972 bits per heavy atom. The average molecular weight is 490 g/mol. The molecule has 194 valence electrons. The third kappa shape index (κ3) is 11.5. The molecule has 1 atom stereocenters. The molecular weight excluding hydrogens is 446 g/mol. The summed E-state index contributed by atoms with van der Waals surface area (Å²) in [5.41, 5.74) is 0.585. The Hall–Kier alpha value is -3.21. The van der Waals surface area contributed by atoms with Crippen LogP contribution in [0.5, 0.6) is 0 Å². The van der Waals surface area contributed by atoms with E-state index in [-0.39, 0.29) is 17.9 Å². The highest BCUT2D eigenvalue weighted by Gasteiger charge is 2.31. The molecule has 2 rings (SSSR count). The summed E-state index contributed by atoms with van der Waals surface area (Å²) >= 11 is 0. The molecule has 0 bridgehead atoms. The van der Waals surface area contributed by atoms with Crippen molar-refractivity contribution in [2.24, 2.45) is 0 Å². The van der Waals surface area contributed by atoms with Crippen LogP contribution >= 0.6 is 0 Å². The second-order valence-corrected chi connectivity index (χ2v) is 9.04. The first-order chi connectivity index (χ1) is 17.6. The lowest BCUT2D eigenvalue weighted by Crippen LogP contribution is -2.40. The van der Waals surface area contributed by atoms with Gasteiger partial charge in [-0.2, -0.15) is 0 Å². The van der Waals surface area contributed by atoms with Crippen LogP contribution in [0.1, 0.15) is 75.1 Å². The molecule has 36 heavy (non-hydrogen) atoms. The summed E-state index contributed by atoms with van der Waals surface area (Å²) in [4.78, 5) is 32.9. The minimum Gasteiger partial charge on any atom is -0.341 e. The minimum absolute atomic E-state index is 0.0409. The maximum Gasteiger partial charge on any atom is 0.255 e. The maximum absolute atomic E-state index is 12.6. The van der Waals surface area contributed by atoms with Crippen molar-refractivity contribution in [2.45, 2.75) is 70.8 Å². The summed E-state index contributed by atoms with van der Waals surface area (Å²) in [5.74, 6) is 0.146. The number of allylic oxidation sites excluding steroid dienone is 10.